The monoisotopic (exact) mass is 221 g/mol. The van der Waals surface area contributed by atoms with E-state index in [2.05, 4.69) is 9.88 Å². The first kappa shape index (κ1) is 11.2. The van der Waals surface area contributed by atoms with Crippen LogP contribution in [0.25, 0.3) is 0 Å². The summed E-state index contributed by atoms with van der Waals surface area (Å²) in [6.45, 7) is 4.59. The molecule has 4 heteroatoms. The Labute approximate surface area is 96.4 Å². The van der Waals surface area contributed by atoms with Crippen LogP contribution < -0.4 is 10.6 Å². The molecule has 1 atom stereocenters. The molecule has 0 radical (unpaired) electrons. The lowest BCUT2D eigenvalue weighted by Crippen LogP contribution is -2.34. The standard InChI is InChI=1S/C12H19N3O/c1-2-16-9-10-5-4-8-15(10)12-11(13)6-3-7-14-12/h3,6-7,10H,2,4-5,8-9,13H2,1H3/t10-/m0/s1. The normalized spacial score (nSPS) is 20.3. The Kier molecular flexibility index (Phi) is 3.62. The summed E-state index contributed by atoms with van der Waals surface area (Å²) in [5.41, 5.74) is 6.70. The van der Waals surface area contributed by atoms with Crippen molar-refractivity contribution in [2.24, 2.45) is 0 Å². The van der Waals surface area contributed by atoms with E-state index < -0.39 is 0 Å². The molecular formula is C12H19N3O. The van der Waals surface area contributed by atoms with Crippen LogP contribution in [0, 0.1) is 0 Å². The summed E-state index contributed by atoms with van der Waals surface area (Å²) in [6.07, 6.45) is 4.14. The lowest BCUT2D eigenvalue weighted by atomic mass is 10.2. The van der Waals surface area contributed by atoms with Gasteiger partial charge in [0.2, 0.25) is 0 Å². The van der Waals surface area contributed by atoms with Crippen LogP contribution >= 0.6 is 0 Å². The van der Waals surface area contributed by atoms with Gasteiger partial charge in [0.1, 0.15) is 0 Å². The van der Waals surface area contributed by atoms with Crippen molar-refractivity contribution in [3.8, 4) is 0 Å². The molecule has 0 spiro atoms. The highest BCUT2D eigenvalue weighted by Crippen LogP contribution is 2.27. The molecule has 0 saturated carbocycles. The molecule has 0 aromatic carbocycles. The Morgan fingerprint density at radius 3 is 3.25 bits per heavy atom. The van der Waals surface area contributed by atoms with Gasteiger partial charge in [-0.15, -0.1) is 0 Å². The van der Waals surface area contributed by atoms with Crippen LogP contribution in [0.2, 0.25) is 0 Å². The van der Waals surface area contributed by atoms with Crippen LogP contribution in [0.4, 0.5) is 11.5 Å². The first-order valence-corrected chi connectivity index (χ1v) is 5.87. The number of pyridine rings is 1. The van der Waals surface area contributed by atoms with Gasteiger partial charge in [-0.25, -0.2) is 4.98 Å². The average Bonchev–Trinajstić information content (AvgIpc) is 2.75. The molecule has 0 bridgehead atoms. The van der Waals surface area contributed by atoms with E-state index in [1.807, 2.05) is 19.1 Å². The predicted octanol–water partition coefficient (Wildman–Crippen LogP) is 1.67. The number of hydrogen-bond acceptors (Lipinski definition) is 4. The van der Waals surface area contributed by atoms with Crippen LogP contribution in [-0.2, 0) is 4.74 Å². The minimum Gasteiger partial charge on any atom is -0.396 e. The molecule has 1 fully saturated rings. The van der Waals surface area contributed by atoms with Gasteiger partial charge in [0.15, 0.2) is 5.82 Å². The van der Waals surface area contributed by atoms with E-state index in [0.717, 1.165) is 37.7 Å². The molecule has 1 aromatic rings. The summed E-state index contributed by atoms with van der Waals surface area (Å²) in [6, 6.07) is 4.20. The van der Waals surface area contributed by atoms with Gasteiger partial charge in [0.25, 0.3) is 0 Å². The van der Waals surface area contributed by atoms with E-state index in [-0.39, 0.29) is 0 Å². The zero-order chi connectivity index (χ0) is 11.4. The lowest BCUT2D eigenvalue weighted by Gasteiger charge is -2.26. The van der Waals surface area contributed by atoms with Crippen molar-refractivity contribution in [3.63, 3.8) is 0 Å². The van der Waals surface area contributed by atoms with Crippen molar-refractivity contribution in [1.82, 2.24) is 4.98 Å². The number of anilines is 2. The number of ether oxygens (including phenoxy) is 1. The fourth-order valence-corrected chi connectivity index (χ4v) is 2.19. The van der Waals surface area contributed by atoms with Gasteiger partial charge in [-0.05, 0) is 31.9 Å². The Morgan fingerprint density at radius 1 is 1.62 bits per heavy atom. The third kappa shape index (κ3) is 2.27. The van der Waals surface area contributed by atoms with E-state index in [1.165, 1.54) is 6.42 Å². The van der Waals surface area contributed by atoms with Gasteiger partial charge >= 0.3 is 0 Å². The van der Waals surface area contributed by atoms with E-state index in [1.54, 1.807) is 6.20 Å². The van der Waals surface area contributed by atoms with Crippen molar-refractivity contribution in [2.45, 2.75) is 25.8 Å². The molecule has 1 aliphatic heterocycles. The van der Waals surface area contributed by atoms with Crippen molar-refractivity contribution < 1.29 is 4.74 Å². The maximum atomic E-state index is 5.95. The van der Waals surface area contributed by atoms with Gasteiger partial charge in [-0.2, -0.15) is 0 Å². The minimum absolute atomic E-state index is 0.428. The molecule has 0 unspecified atom stereocenters. The van der Waals surface area contributed by atoms with Gasteiger partial charge in [0, 0.05) is 19.3 Å². The Hall–Kier alpha value is -1.29. The first-order valence-electron chi connectivity index (χ1n) is 5.87. The molecular weight excluding hydrogens is 202 g/mol. The molecule has 2 heterocycles. The van der Waals surface area contributed by atoms with E-state index >= 15 is 0 Å². The topological polar surface area (TPSA) is 51.4 Å². The molecule has 2 N–H and O–H groups in total. The maximum Gasteiger partial charge on any atom is 0.152 e. The molecule has 1 aliphatic rings. The van der Waals surface area contributed by atoms with Gasteiger partial charge < -0.3 is 15.4 Å². The fourth-order valence-electron chi connectivity index (χ4n) is 2.19. The Bertz CT molecular complexity index is 343. The maximum absolute atomic E-state index is 5.95. The summed E-state index contributed by atoms with van der Waals surface area (Å²) in [4.78, 5) is 6.63. The van der Waals surface area contributed by atoms with Crippen LogP contribution in [0.1, 0.15) is 19.8 Å². The number of hydrogen-bond donors (Lipinski definition) is 1. The number of rotatable bonds is 4. The molecule has 1 saturated heterocycles. The average molecular weight is 221 g/mol. The molecule has 16 heavy (non-hydrogen) atoms. The molecule has 0 amide bonds. The lowest BCUT2D eigenvalue weighted by molar-refractivity contribution is 0.134. The largest absolute Gasteiger partial charge is 0.396 e. The van der Waals surface area contributed by atoms with Crippen molar-refractivity contribution in [3.05, 3.63) is 18.3 Å². The number of nitrogen functional groups attached to an aromatic ring is 1. The van der Waals surface area contributed by atoms with Gasteiger partial charge in [-0.1, -0.05) is 0 Å². The van der Waals surface area contributed by atoms with Crippen LogP contribution in [0.15, 0.2) is 18.3 Å². The zero-order valence-corrected chi connectivity index (χ0v) is 9.72. The third-order valence-electron chi connectivity index (χ3n) is 2.98. The Morgan fingerprint density at radius 2 is 2.50 bits per heavy atom. The second-order valence-electron chi connectivity index (χ2n) is 4.07. The quantitative estimate of drug-likeness (QED) is 0.840. The van der Waals surface area contributed by atoms with Crippen LogP contribution in [0.5, 0.6) is 0 Å². The van der Waals surface area contributed by atoms with Gasteiger partial charge in [0.05, 0.1) is 18.3 Å². The highest BCUT2D eigenvalue weighted by molar-refractivity contribution is 5.63. The van der Waals surface area contributed by atoms with E-state index in [0.29, 0.717) is 6.04 Å². The SMILES string of the molecule is CCOC[C@@H]1CCCN1c1ncccc1N. The Balaban J connectivity index is 2.10. The second-order valence-corrected chi connectivity index (χ2v) is 4.07. The zero-order valence-electron chi connectivity index (χ0n) is 9.72. The highest BCUT2D eigenvalue weighted by atomic mass is 16.5. The number of nitrogens with two attached hydrogens (primary N) is 1. The fraction of sp³-hybridized carbons (Fsp3) is 0.583. The minimum atomic E-state index is 0.428. The predicted molar refractivity (Wildman–Crippen MR) is 65.5 cm³/mol. The highest BCUT2D eigenvalue weighted by Gasteiger charge is 2.26. The number of aromatic nitrogens is 1. The summed E-state index contributed by atoms with van der Waals surface area (Å²) in [5, 5.41) is 0. The van der Waals surface area contributed by atoms with Gasteiger partial charge in [-0.3, -0.25) is 0 Å². The summed E-state index contributed by atoms with van der Waals surface area (Å²) in [5.74, 6) is 0.907. The smallest absolute Gasteiger partial charge is 0.152 e. The molecule has 1 aromatic heterocycles. The van der Waals surface area contributed by atoms with Crippen molar-refractivity contribution in [1.29, 1.82) is 0 Å². The van der Waals surface area contributed by atoms with Crippen LogP contribution in [-0.4, -0.2) is 30.8 Å². The molecule has 88 valence electrons. The second kappa shape index (κ2) is 5.16. The molecule has 0 aliphatic carbocycles. The van der Waals surface area contributed by atoms with Crippen molar-refractivity contribution >= 4 is 11.5 Å². The third-order valence-corrected chi connectivity index (χ3v) is 2.98. The summed E-state index contributed by atoms with van der Waals surface area (Å²) < 4.78 is 5.50. The summed E-state index contributed by atoms with van der Waals surface area (Å²) >= 11 is 0. The number of nitrogens with zero attached hydrogens (tertiary/aromatic N) is 2. The van der Waals surface area contributed by atoms with E-state index in [9.17, 15) is 0 Å². The summed E-state index contributed by atoms with van der Waals surface area (Å²) in [7, 11) is 0. The molecule has 4 nitrogen and oxygen atoms in total. The van der Waals surface area contributed by atoms with Crippen molar-refractivity contribution in [2.75, 3.05) is 30.4 Å². The molecule has 2 rings (SSSR count). The first-order chi connectivity index (χ1) is 7.83. The van der Waals surface area contributed by atoms with E-state index in [4.69, 9.17) is 10.5 Å². The van der Waals surface area contributed by atoms with Crippen LogP contribution in [0.3, 0.4) is 0 Å².